The molecule has 0 radical (unpaired) electrons. The highest BCUT2D eigenvalue weighted by molar-refractivity contribution is 9.10. The lowest BCUT2D eigenvalue weighted by molar-refractivity contribution is 0.510. The maximum absolute atomic E-state index is 4.47. The summed E-state index contributed by atoms with van der Waals surface area (Å²) >= 11 is 3.57. The predicted molar refractivity (Wildman–Crippen MR) is 77.0 cm³/mol. The topological polar surface area (TPSA) is 24.9 Å². The van der Waals surface area contributed by atoms with Gasteiger partial charge >= 0.3 is 0 Å². The van der Waals surface area contributed by atoms with Gasteiger partial charge in [0.1, 0.15) is 0 Å². The van der Waals surface area contributed by atoms with E-state index in [2.05, 4.69) is 46.7 Å². The summed E-state index contributed by atoms with van der Waals surface area (Å²) in [4.78, 5) is 4.47. The molecule has 1 aromatic rings. The van der Waals surface area contributed by atoms with Crippen molar-refractivity contribution in [3.63, 3.8) is 0 Å². The van der Waals surface area contributed by atoms with Crippen molar-refractivity contribution in [2.75, 3.05) is 6.54 Å². The van der Waals surface area contributed by atoms with E-state index in [4.69, 9.17) is 0 Å². The molecule has 0 aliphatic heterocycles. The van der Waals surface area contributed by atoms with E-state index < -0.39 is 0 Å². The van der Waals surface area contributed by atoms with Crippen LogP contribution in [-0.2, 0) is 0 Å². The Morgan fingerprint density at radius 2 is 2.29 bits per heavy atom. The van der Waals surface area contributed by atoms with E-state index in [0.717, 1.165) is 36.0 Å². The summed E-state index contributed by atoms with van der Waals surface area (Å²) in [5.74, 6) is 0. The van der Waals surface area contributed by atoms with Crippen molar-refractivity contribution in [1.82, 2.24) is 10.3 Å². The Morgan fingerprint density at radius 1 is 1.53 bits per heavy atom. The molecule has 0 fully saturated rings. The van der Waals surface area contributed by atoms with Crippen molar-refractivity contribution in [3.05, 3.63) is 40.6 Å². The summed E-state index contributed by atoms with van der Waals surface area (Å²) in [6.07, 6.45) is 4.94. The van der Waals surface area contributed by atoms with Crippen molar-refractivity contribution in [3.8, 4) is 0 Å². The van der Waals surface area contributed by atoms with E-state index in [-0.39, 0.29) is 6.04 Å². The zero-order valence-electron chi connectivity index (χ0n) is 10.7. The Morgan fingerprint density at radius 3 is 2.88 bits per heavy atom. The Hall–Kier alpha value is -0.670. The van der Waals surface area contributed by atoms with E-state index in [1.54, 1.807) is 0 Å². The number of nitrogens with one attached hydrogen (secondary N) is 1. The summed E-state index contributed by atoms with van der Waals surface area (Å²) < 4.78 is 1.07. The predicted octanol–water partition coefficient (Wildman–Crippen LogP) is 4.24. The van der Waals surface area contributed by atoms with Crippen LogP contribution in [0.15, 0.2) is 35.0 Å². The fourth-order valence-corrected chi connectivity index (χ4v) is 2.20. The van der Waals surface area contributed by atoms with Crippen LogP contribution in [-0.4, -0.2) is 11.5 Å². The number of rotatable bonds is 7. The zero-order chi connectivity index (χ0) is 12.7. The monoisotopic (exact) mass is 296 g/mol. The van der Waals surface area contributed by atoms with Crippen LogP contribution in [0.3, 0.4) is 0 Å². The molecule has 0 saturated heterocycles. The highest BCUT2D eigenvalue weighted by atomic mass is 79.9. The molecule has 1 N–H and O–H groups in total. The molecule has 0 saturated carbocycles. The molecule has 94 valence electrons. The first-order chi connectivity index (χ1) is 8.19. The Labute approximate surface area is 113 Å². The molecule has 0 aromatic carbocycles. The van der Waals surface area contributed by atoms with Gasteiger partial charge in [-0.3, -0.25) is 4.98 Å². The molecule has 17 heavy (non-hydrogen) atoms. The summed E-state index contributed by atoms with van der Waals surface area (Å²) in [5.41, 5.74) is 2.34. The second kappa shape index (κ2) is 7.62. The van der Waals surface area contributed by atoms with E-state index in [0.29, 0.717) is 0 Å². The Kier molecular flexibility index (Phi) is 6.45. The molecule has 2 nitrogen and oxygen atoms in total. The Bertz CT molecular complexity index is 363. The third kappa shape index (κ3) is 4.60. The largest absolute Gasteiger partial charge is 0.308 e. The molecule has 3 heteroatoms. The van der Waals surface area contributed by atoms with E-state index in [9.17, 15) is 0 Å². The third-order valence-electron chi connectivity index (χ3n) is 2.75. The van der Waals surface area contributed by atoms with Gasteiger partial charge in [0.2, 0.25) is 0 Å². The van der Waals surface area contributed by atoms with Crippen LogP contribution in [0, 0.1) is 0 Å². The van der Waals surface area contributed by atoms with Crippen LogP contribution in [0.4, 0.5) is 0 Å². The molecule has 0 amide bonds. The van der Waals surface area contributed by atoms with Gasteiger partial charge in [0.15, 0.2) is 0 Å². The van der Waals surface area contributed by atoms with Crippen LogP contribution in [0.2, 0.25) is 0 Å². The van der Waals surface area contributed by atoms with Crippen molar-refractivity contribution in [2.24, 2.45) is 0 Å². The minimum absolute atomic E-state index is 0.262. The lowest BCUT2D eigenvalue weighted by Gasteiger charge is -2.20. The van der Waals surface area contributed by atoms with E-state index >= 15 is 0 Å². The average Bonchev–Trinajstić information content (AvgIpc) is 2.35. The summed E-state index contributed by atoms with van der Waals surface area (Å²) in [5, 5.41) is 3.54. The third-order valence-corrected chi connectivity index (χ3v) is 3.42. The number of nitrogens with zero attached hydrogens (tertiary/aromatic N) is 1. The molecule has 0 spiro atoms. The first kappa shape index (κ1) is 14.4. The summed E-state index contributed by atoms with van der Waals surface area (Å²) in [6, 6.07) is 4.24. The van der Waals surface area contributed by atoms with E-state index in [1.807, 2.05) is 18.3 Å². The number of hydrogen-bond acceptors (Lipinski definition) is 2. The molecule has 1 atom stereocenters. The molecule has 0 aliphatic rings. The number of halogens is 1. The standard InChI is InChI=1S/C14H21BrN2/c1-4-8-16-13(10-11(3)5-2)14-12(15)7-6-9-17-14/h6-7,9,13,16H,3-5,8,10H2,1-2H3. The van der Waals surface area contributed by atoms with Gasteiger partial charge in [0.05, 0.1) is 11.7 Å². The molecule has 1 rings (SSSR count). The van der Waals surface area contributed by atoms with Crippen LogP contribution >= 0.6 is 15.9 Å². The van der Waals surface area contributed by atoms with Gasteiger partial charge in [-0.2, -0.15) is 0 Å². The molecule has 0 aliphatic carbocycles. The first-order valence-corrected chi connectivity index (χ1v) is 6.98. The van der Waals surface area contributed by atoms with Gasteiger partial charge in [-0.05, 0) is 53.9 Å². The number of hydrogen-bond donors (Lipinski definition) is 1. The maximum Gasteiger partial charge on any atom is 0.0718 e. The molecule has 0 bridgehead atoms. The molecule has 1 unspecified atom stereocenters. The average molecular weight is 297 g/mol. The smallest absolute Gasteiger partial charge is 0.0718 e. The van der Waals surface area contributed by atoms with Crippen LogP contribution in [0.25, 0.3) is 0 Å². The van der Waals surface area contributed by atoms with Gasteiger partial charge in [-0.1, -0.05) is 26.0 Å². The minimum Gasteiger partial charge on any atom is -0.308 e. The lowest BCUT2D eigenvalue weighted by Crippen LogP contribution is -2.23. The molecule has 1 aromatic heterocycles. The van der Waals surface area contributed by atoms with Gasteiger partial charge < -0.3 is 5.32 Å². The van der Waals surface area contributed by atoms with Gasteiger partial charge in [0.25, 0.3) is 0 Å². The van der Waals surface area contributed by atoms with Crippen molar-refractivity contribution in [1.29, 1.82) is 0 Å². The van der Waals surface area contributed by atoms with Gasteiger partial charge in [-0.15, -0.1) is 0 Å². The second-order valence-electron chi connectivity index (χ2n) is 4.18. The van der Waals surface area contributed by atoms with Crippen molar-refractivity contribution in [2.45, 2.75) is 39.2 Å². The highest BCUT2D eigenvalue weighted by Crippen LogP contribution is 2.26. The van der Waals surface area contributed by atoms with Gasteiger partial charge in [-0.25, -0.2) is 0 Å². The minimum atomic E-state index is 0.262. The van der Waals surface area contributed by atoms with Crippen molar-refractivity contribution >= 4 is 15.9 Å². The molecular weight excluding hydrogens is 276 g/mol. The zero-order valence-corrected chi connectivity index (χ0v) is 12.3. The van der Waals surface area contributed by atoms with Crippen molar-refractivity contribution < 1.29 is 0 Å². The van der Waals surface area contributed by atoms with Crippen LogP contribution < -0.4 is 5.32 Å². The Balaban J connectivity index is 2.81. The molecule has 1 heterocycles. The normalized spacial score (nSPS) is 12.4. The lowest BCUT2D eigenvalue weighted by atomic mass is 10.0. The van der Waals surface area contributed by atoms with Crippen LogP contribution in [0.1, 0.15) is 44.8 Å². The SMILES string of the molecule is C=C(CC)CC(NCCC)c1ncccc1Br. The first-order valence-electron chi connectivity index (χ1n) is 6.19. The number of pyridine rings is 1. The van der Waals surface area contributed by atoms with Crippen LogP contribution in [0.5, 0.6) is 0 Å². The quantitative estimate of drug-likeness (QED) is 0.761. The maximum atomic E-state index is 4.47. The van der Waals surface area contributed by atoms with E-state index in [1.165, 1.54) is 5.57 Å². The number of aromatic nitrogens is 1. The fourth-order valence-electron chi connectivity index (χ4n) is 1.67. The highest BCUT2D eigenvalue weighted by Gasteiger charge is 2.15. The molecular formula is C14H21BrN2. The van der Waals surface area contributed by atoms with Gasteiger partial charge in [0, 0.05) is 10.7 Å². The second-order valence-corrected chi connectivity index (χ2v) is 5.04. The summed E-state index contributed by atoms with van der Waals surface area (Å²) in [7, 11) is 0. The summed E-state index contributed by atoms with van der Waals surface area (Å²) in [6.45, 7) is 9.42. The fraction of sp³-hybridized carbons (Fsp3) is 0.500.